The van der Waals surface area contributed by atoms with E-state index in [1.807, 2.05) is 0 Å². The highest BCUT2D eigenvalue weighted by molar-refractivity contribution is 5.99. The molecular weight excluding hydrogens is 264 g/mol. The predicted molar refractivity (Wildman–Crippen MR) is 86.1 cm³/mol. The Balaban J connectivity index is 2.30. The first-order chi connectivity index (χ1) is 10.2. The van der Waals surface area contributed by atoms with Crippen LogP contribution in [0.3, 0.4) is 0 Å². The number of phenolic OH excluding ortho intramolecular Hbond substituents is 1. The topological polar surface area (TPSA) is 46.5 Å². The van der Waals surface area contributed by atoms with Gasteiger partial charge in [0.05, 0.1) is 6.61 Å². The molecule has 0 saturated heterocycles. The lowest BCUT2D eigenvalue weighted by Crippen LogP contribution is -2.03. The number of Topliss-reactive ketones (excluding diaryl/α,β-unsaturated/α-hetero) is 1. The van der Waals surface area contributed by atoms with E-state index in [9.17, 15) is 9.90 Å². The predicted octanol–water partition coefficient (Wildman–Crippen LogP) is 4.89. The fourth-order valence-electron chi connectivity index (χ4n) is 2.12. The molecule has 116 valence electrons. The number of carbonyl (C=O) groups excluding carboxylic acids is 1. The highest BCUT2D eigenvalue weighted by atomic mass is 16.5. The summed E-state index contributed by atoms with van der Waals surface area (Å²) in [6.45, 7) is 4.18. The molecule has 0 aliphatic rings. The van der Waals surface area contributed by atoms with E-state index in [4.69, 9.17) is 4.74 Å². The molecule has 3 nitrogen and oxygen atoms in total. The average Bonchev–Trinajstić information content (AvgIpc) is 2.45. The monoisotopic (exact) mass is 290 g/mol. The number of hydrogen-bond acceptors (Lipinski definition) is 3. The Bertz CT molecular complexity index is 464. The van der Waals surface area contributed by atoms with Gasteiger partial charge < -0.3 is 9.84 Å². The minimum atomic E-state index is -0.182. The molecule has 0 aliphatic carbocycles. The van der Waals surface area contributed by atoms with Crippen molar-refractivity contribution in [3.05, 3.63) is 35.9 Å². The molecule has 0 fully saturated rings. The second-order valence-corrected chi connectivity index (χ2v) is 5.16. The van der Waals surface area contributed by atoms with Gasteiger partial charge >= 0.3 is 0 Å². The highest BCUT2D eigenvalue weighted by Crippen LogP contribution is 2.27. The minimum absolute atomic E-state index is 0.0178. The summed E-state index contributed by atoms with van der Waals surface area (Å²) < 4.78 is 5.61. The molecule has 0 radical (unpaired) electrons. The van der Waals surface area contributed by atoms with Crippen LogP contribution in [0.15, 0.2) is 30.4 Å². The minimum Gasteiger partial charge on any atom is -0.507 e. The normalized spacial score (nSPS) is 11.0. The summed E-state index contributed by atoms with van der Waals surface area (Å²) in [4.78, 5) is 11.5. The van der Waals surface area contributed by atoms with Gasteiger partial charge in [-0.05, 0) is 44.7 Å². The molecule has 1 aromatic rings. The molecule has 0 aliphatic heterocycles. The van der Waals surface area contributed by atoms with Crippen LogP contribution in [-0.4, -0.2) is 17.5 Å². The van der Waals surface area contributed by atoms with E-state index in [0.717, 1.165) is 19.3 Å². The van der Waals surface area contributed by atoms with Crippen LogP contribution in [0.1, 0.15) is 62.7 Å². The number of hydrogen-bond donors (Lipinski definition) is 1. The van der Waals surface area contributed by atoms with E-state index in [1.165, 1.54) is 32.3 Å². The molecule has 0 aromatic heterocycles. The summed E-state index contributed by atoms with van der Waals surface area (Å²) >= 11 is 0. The molecule has 0 atom stereocenters. The molecule has 3 heteroatoms. The third-order valence-corrected chi connectivity index (χ3v) is 3.27. The number of carbonyl (C=O) groups is 1. The Morgan fingerprint density at radius 1 is 1.19 bits per heavy atom. The van der Waals surface area contributed by atoms with E-state index in [1.54, 1.807) is 12.1 Å². The smallest absolute Gasteiger partial charge is 0.167 e. The number of allylic oxidation sites excluding steroid dienone is 2. The van der Waals surface area contributed by atoms with E-state index < -0.39 is 0 Å². The summed E-state index contributed by atoms with van der Waals surface area (Å²) in [5.74, 6) is 0.268. The van der Waals surface area contributed by atoms with Gasteiger partial charge in [-0.2, -0.15) is 0 Å². The third-order valence-electron chi connectivity index (χ3n) is 3.27. The van der Waals surface area contributed by atoms with Crippen molar-refractivity contribution in [1.82, 2.24) is 0 Å². The van der Waals surface area contributed by atoms with Gasteiger partial charge in [0.15, 0.2) is 5.78 Å². The number of aromatic hydroxyl groups is 1. The van der Waals surface area contributed by atoms with Crippen LogP contribution in [0.5, 0.6) is 11.5 Å². The summed E-state index contributed by atoms with van der Waals surface area (Å²) in [5, 5.41) is 9.69. The van der Waals surface area contributed by atoms with Crippen molar-refractivity contribution in [1.29, 1.82) is 0 Å². The molecule has 1 aromatic carbocycles. The molecule has 0 unspecified atom stereocenters. The van der Waals surface area contributed by atoms with Gasteiger partial charge in [0.2, 0.25) is 0 Å². The number of ketones is 1. The maximum atomic E-state index is 11.5. The van der Waals surface area contributed by atoms with Crippen molar-refractivity contribution in [3.8, 4) is 11.5 Å². The summed E-state index contributed by atoms with van der Waals surface area (Å²) in [6.07, 6.45) is 11.2. The number of phenols is 1. The molecule has 0 amide bonds. The van der Waals surface area contributed by atoms with Crippen LogP contribution in [-0.2, 0) is 0 Å². The number of unbranched alkanes of at least 4 members (excludes halogenated alkanes) is 4. The summed E-state index contributed by atoms with van der Waals surface area (Å²) in [5.41, 5.74) is 0.271. The van der Waals surface area contributed by atoms with E-state index in [-0.39, 0.29) is 17.1 Å². The van der Waals surface area contributed by atoms with Crippen LogP contribution in [0.4, 0.5) is 0 Å². The van der Waals surface area contributed by atoms with Gasteiger partial charge in [0.1, 0.15) is 17.1 Å². The first kappa shape index (κ1) is 17.3. The zero-order valence-electron chi connectivity index (χ0n) is 13.1. The van der Waals surface area contributed by atoms with E-state index >= 15 is 0 Å². The number of benzene rings is 1. The molecule has 1 rings (SSSR count). The quantitative estimate of drug-likeness (QED) is 0.379. The second-order valence-electron chi connectivity index (χ2n) is 5.16. The SMILES string of the molecule is CCCCC/C=C\CCCOc1cccc(O)c1C(C)=O. The van der Waals surface area contributed by atoms with Gasteiger partial charge in [-0.25, -0.2) is 0 Å². The molecule has 0 spiro atoms. The van der Waals surface area contributed by atoms with Gasteiger partial charge in [0.25, 0.3) is 0 Å². The lowest BCUT2D eigenvalue weighted by Gasteiger charge is -2.10. The zero-order valence-corrected chi connectivity index (χ0v) is 13.1. The van der Waals surface area contributed by atoms with Crippen molar-refractivity contribution >= 4 is 5.78 Å². The number of ether oxygens (including phenoxy) is 1. The maximum absolute atomic E-state index is 11.5. The molecular formula is C18H26O3. The van der Waals surface area contributed by atoms with Crippen molar-refractivity contribution < 1.29 is 14.6 Å². The van der Waals surface area contributed by atoms with E-state index in [0.29, 0.717) is 12.4 Å². The van der Waals surface area contributed by atoms with Gasteiger partial charge in [-0.15, -0.1) is 0 Å². The van der Waals surface area contributed by atoms with Gasteiger partial charge in [0, 0.05) is 0 Å². The lowest BCUT2D eigenvalue weighted by molar-refractivity contribution is 0.101. The third kappa shape index (κ3) is 6.48. The van der Waals surface area contributed by atoms with Crippen LogP contribution >= 0.6 is 0 Å². The standard InChI is InChI=1S/C18H26O3/c1-3-4-5-6-7-8-9-10-14-21-17-13-11-12-16(20)18(17)15(2)19/h7-8,11-13,20H,3-6,9-10,14H2,1-2H3/b8-7-. The Morgan fingerprint density at radius 2 is 1.90 bits per heavy atom. The first-order valence-electron chi connectivity index (χ1n) is 7.77. The molecule has 1 N–H and O–H groups in total. The van der Waals surface area contributed by atoms with E-state index in [2.05, 4.69) is 19.1 Å². The van der Waals surface area contributed by atoms with Crippen LogP contribution < -0.4 is 4.74 Å². The largest absolute Gasteiger partial charge is 0.507 e. The summed E-state index contributed by atoms with van der Waals surface area (Å²) in [7, 11) is 0. The Morgan fingerprint density at radius 3 is 2.57 bits per heavy atom. The highest BCUT2D eigenvalue weighted by Gasteiger charge is 2.12. The van der Waals surface area contributed by atoms with Crippen molar-refractivity contribution in [2.24, 2.45) is 0 Å². The van der Waals surface area contributed by atoms with Crippen molar-refractivity contribution in [2.45, 2.75) is 52.4 Å². The lowest BCUT2D eigenvalue weighted by atomic mass is 10.1. The second kappa shape index (κ2) is 10.0. The van der Waals surface area contributed by atoms with Crippen molar-refractivity contribution in [3.63, 3.8) is 0 Å². The van der Waals surface area contributed by atoms with Gasteiger partial charge in [-0.3, -0.25) is 4.79 Å². The van der Waals surface area contributed by atoms with Crippen LogP contribution in [0.25, 0.3) is 0 Å². The fraction of sp³-hybridized carbons (Fsp3) is 0.500. The molecule has 0 bridgehead atoms. The summed E-state index contributed by atoms with van der Waals surface area (Å²) in [6, 6.07) is 4.91. The first-order valence-corrected chi connectivity index (χ1v) is 7.77. The molecule has 21 heavy (non-hydrogen) atoms. The average molecular weight is 290 g/mol. The Hall–Kier alpha value is -1.77. The number of rotatable bonds is 10. The van der Waals surface area contributed by atoms with Crippen LogP contribution in [0.2, 0.25) is 0 Å². The van der Waals surface area contributed by atoms with Gasteiger partial charge in [-0.1, -0.05) is 38.0 Å². The van der Waals surface area contributed by atoms with Crippen LogP contribution in [0, 0.1) is 0 Å². The fourth-order valence-corrected chi connectivity index (χ4v) is 2.12. The molecule has 0 heterocycles. The van der Waals surface area contributed by atoms with Crippen molar-refractivity contribution in [2.75, 3.05) is 6.61 Å². The zero-order chi connectivity index (χ0) is 15.5. The molecule has 0 saturated carbocycles. The maximum Gasteiger partial charge on any atom is 0.167 e. The Labute approximate surface area is 127 Å². The Kier molecular flexibility index (Phi) is 8.25.